The van der Waals surface area contributed by atoms with Crippen LogP contribution in [-0.4, -0.2) is 74.7 Å². The van der Waals surface area contributed by atoms with E-state index in [0.717, 1.165) is 77.8 Å². The van der Waals surface area contributed by atoms with Crippen LogP contribution < -0.4 is 0 Å². The second kappa shape index (κ2) is 41.2. The molecule has 0 unspecified atom stereocenters. The van der Waals surface area contributed by atoms with Crippen LogP contribution in [0.1, 0.15) is 188 Å². The van der Waals surface area contributed by atoms with Gasteiger partial charge in [-0.15, -0.1) is 0 Å². The number of hydrogen-bond donors (Lipinski definition) is 1. The number of carbonyl (C=O) groups excluding carboxylic acids is 1. The fourth-order valence-electron chi connectivity index (χ4n) is 5.99. The van der Waals surface area contributed by atoms with E-state index in [4.69, 9.17) is 14.2 Å². The van der Waals surface area contributed by atoms with Crippen LogP contribution in [0.5, 0.6) is 0 Å². The van der Waals surface area contributed by atoms with Gasteiger partial charge >= 0.3 is 5.97 Å². The van der Waals surface area contributed by atoms with Crippen molar-refractivity contribution >= 4 is 5.97 Å². The van der Waals surface area contributed by atoms with Crippen molar-refractivity contribution in [1.29, 1.82) is 0 Å². The fourth-order valence-corrected chi connectivity index (χ4v) is 5.99. The normalized spacial score (nSPS) is 12.0. The maximum atomic E-state index is 12.6. The summed E-state index contributed by atoms with van der Waals surface area (Å²) in [4.78, 5) is 15.0. The Morgan fingerprint density at radius 1 is 0.551 bits per heavy atom. The molecule has 0 radical (unpaired) electrons. The Hall–Kier alpha value is -1.21. The van der Waals surface area contributed by atoms with Crippen molar-refractivity contribution in [3.8, 4) is 0 Å². The number of aliphatic hydroxyl groups is 1. The molecule has 0 saturated heterocycles. The monoisotopic (exact) mass is 694 g/mol. The Balaban J connectivity index is 3.94. The summed E-state index contributed by atoms with van der Waals surface area (Å²) in [6.07, 6.45) is 39.5. The van der Waals surface area contributed by atoms with Crippen LogP contribution in [0.4, 0.5) is 0 Å². The van der Waals surface area contributed by atoms with E-state index >= 15 is 0 Å². The molecule has 6 heteroatoms. The first kappa shape index (κ1) is 47.8. The van der Waals surface area contributed by atoms with Crippen molar-refractivity contribution < 1.29 is 24.1 Å². The molecule has 0 amide bonds. The van der Waals surface area contributed by atoms with E-state index in [2.05, 4.69) is 50.0 Å². The molecule has 49 heavy (non-hydrogen) atoms. The van der Waals surface area contributed by atoms with Crippen LogP contribution >= 0.6 is 0 Å². The van der Waals surface area contributed by atoms with Gasteiger partial charge in [0.2, 0.25) is 0 Å². The number of hydrogen-bond acceptors (Lipinski definition) is 6. The highest BCUT2D eigenvalue weighted by molar-refractivity contribution is 5.69. The van der Waals surface area contributed by atoms with Crippen molar-refractivity contribution in [2.75, 3.05) is 52.7 Å². The molecule has 0 bridgehead atoms. The highest BCUT2D eigenvalue weighted by atomic mass is 16.6. The predicted octanol–water partition coefficient (Wildman–Crippen LogP) is 11.5. The van der Waals surface area contributed by atoms with Crippen LogP contribution in [0.25, 0.3) is 0 Å². The Labute approximate surface area is 305 Å². The molecule has 0 rings (SSSR count). The lowest BCUT2D eigenvalue weighted by atomic mass is 10.1. The number of carbonyl (C=O) groups is 1. The van der Waals surface area contributed by atoms with E-state index in [1.165, 1.54) is 116 Å². The van der Waals surface area contributed by atoms with Crippen molar-refractivity contribution in [3.05, 3.63) is 24.3 Å². The lowest BCUT2D eigenvalue weighted by molar-refractivity contribution is -0.156. The lowest BCUT2D eigenvalue weighted by Crippen LogP contribution is -2.29. The SMILES string of the molecule is CCCCC/C=C/C/C=C/CCCCCCCCN(CCO)CCCCCCCC(=O)OC(COCCCCCC)COCCCCCC. The van der Waals surface area contributed by atoms with E-state index in [9.17, 15) is 9.90 Å². The van der Waals surface area contributed by atoms with E-state index in [0.29, 0.717) is 19.6 Å². The molecule has 1 N–H and O–H groups in total. The number of aliphatic hydroxyl groups excluding tert-OH is 1. The van der Waals surface area contributed by atoms with Crippen molar-refractivity contribution in [2.45, 2.75) is 194 Å². The molecule has 0 aromatic heterocycles. The molecule has 0 heterocycles. The first-order chi connectivity index (χ1) is 24.2. The Kier molecular flexibility index (Phi) is 40.2. The molecule has 0 atom stereocenters. The zero-order chi connectivity index (χ0) is 35.7. The smallest absolute Gasteiger partial charge is 0.306 e. The standard InChI is InChI=1S/C43H83NO5/c1-4-7-10-13-14-15-16-17-18-19-20-21-22-23-26-29-34-44(36-37-45)35-30-27-24-25-28-33-43(46)49-42(40-47-38-31-11-8-5-2)41-48-39-32-12-9-6-3/h14-15,17-18,42,45H,4-13,16,19-41H2,1-3H3/b15-14+,18-17+. The van der Waals surface area contributed by atoms with Gasteiger partial charge in [0, 0.05) is 26.2 Å². The summed E-state index contributed by atoms with van der Waals surface area (Å²) in [6.45, 7) is 12.1. The number of allylic oxidation sites excluding steroid dienone is 4. The van der Waals surface area contributed by atoms with Gasteiger partial charge in [-0.1, -0.05) is 141 Å². The van der Waals surface area contributed by atoms with E-state index in [1.54, 1.807) is 0 Å². The maximum Gasteiger partial charge on any atom is 0.306 e. The Bertz CT molecular complexity index is 696. The molecule has 0 spiro atoms. The van der Waals surface area contributed by atoms with Crippen LogP contribution in [0.3, 0.4) is 0 Å². The molecule has 290 valence electrons. The van der Waals surface area contributed by atoms with Gasteiger partial charge in [0.1, 0.15) is 6.10 Å². The summed E-state index contributed by atoms with van der Waals surface area (Å²) in [5.41, 5.74) is 0. The minimum Gasteiger partial charge on any atom is -0.457 e. The van der Waals surface area contributed by atoms with E-state index < -0.39 is 0 Å². The molecule has 0 fully saturated rings. The number of esters is 1. The average molecular weight is 694 g/mol. The van der Waals surface area contributed by atoms with Gasteiger partial charge in [0.15, 0.2) is 0 Å². The van der Waals surface area contributed by atoms with Crippen molar-refractivity contribution in [3.63, 3.8) is 0 Å². The van der Waals surface area contributed by atoms with Gasteiger partial charge in [-0.3, -0.25) is 4.79 Å². The molecule has 0 aromatic rings. The van der Waals surface area contributed by atoms with Gasteiger partial charge < -0.3 is 24.2 Å². The molecule has 6 nitrogen and oxygen atoms in total. The number of rotatable bonds is 40. The summed E-state index contributed by atoms with van der Waals surface area (Å²) in [7, 11) is 0. The Morgan fingerprint density at radius 3 is 1.53 bits per heavy atom. The van der Waals surface area contributed by atoms with Crippen LogP contribution in [0.2, 0.25) is 0 Å². The Morgan fingerprint density at radius 2 is 1.00 bits per heavy atom. The van der Waals surface area contributed by atoms with Crippen molar-refractivity contribution in [2.24, 2.45) is 0 Å². The minimum atomic E-state index is -0.313. The highest BCUT2D eigenvalue weighted by Gasteiger charge is 2.15. The molecular formula is C43H83NO5. The summed E-state index contributed by atoms with van der Waals surface area (Å²) >= 11 is 0. The highest BCUT2D eigenvalue weighted by Crippen LogP contribution is 2.12. The summed E-state index contributed by atoms with van der Waals surface area (Å²) < 4.78 is 17.5. The topological polar surface area (TPSA) is 68.2 Å². The van der Waals surface area contributed by atoms with Gasteiger partial charge in [-0.2, -0.15) is 0 Å². The van der Waals surface area contributed by atoms with Gasteiger partial charge in [-0.05, 0) is 77.3 Å². The van der Waals surface area contributed by atoms with Crippen LogP contribution in [-0.2, 0) is 19.0 Å². The molecule has 0 aliphatic carbocycles. The zero-order valence-electron chi connectivity index (χ0n) is 33.0. The van der Waals surface area contributed by atoms with Gasteiger partial charge in [0.05, 0.1) is 19.8 Å². The number of unbranched alkanes of at least 4 members (excludes halogenated alkanes) is 19. The first-order valence-corrected chi connectivity index (χ1v) is 21.2. The molecule has 0 saturated carbocycles. The van der Waals surface area contributed by atoms with Gasteiger partial charge in [0.25, 0.3) is 0 Å². The molecule has 0 aliphatic heterocycles. The zero-order valence-corrected chi connectivity index (χ0v) is 33.0. The third kappa shape index (κ3) is 37.9. The summed E-state index contributed by atoms with van der Waals surface area (Å²) in [5.74, 6) is -0.128. The van der Waals surface area contributed by atoms with Gasteiger partial charge in [-0.25, -0.2) is 0 Å². The molecule has 0 aromatic carbocycles. The quantitative estimate of drug-likeness (QED) is 0.0391. The lowest BCUT2D eigenvalue weighted by Gasteiger charge is -2.21. The second-order valence-electron chi connectivity index (χ2n) is 14.1. The van der Waals surface area contributed by atoms with E-state index in [-0.39, 0.29) is 18.7 Å². The summed E-state index contributed by atoms with van der Waals surface area (Å²) in [6, 6.07) is 0. The fraction of sp³-hybridized carbons (Fsp3) is 0.884. The van der Waals surface area contributed by atoms with E-state index in [1.807, 2.05) is 0 Å². The van der Waals surface area contributed by atoms with Crippen LogP contribution in [0.15, 0.2) is 24.3 Å². The maximum absolute atomic E-state index is 12.6. The number of ether oxygens (including phenoxy) is 3. The largest absolute Gasteiger partial charge is 0.457 e. The predicted molar refractivity (Wildman–Crippen MR) is 210 cm³/mol. The average Bonchev–Trinajstić information content (AvgIpc) is 3.10. The second-order valence-corrected chi connectivity index (χ2v) is 14.1. The van der Waals surface area contributed by atoms with Crippen molar-refractivity contribution in [1.82, 2.24) is 4.90 Å². The third-order valence-corrected chi connectivity index (χ3v) is 9.14. The first-order valence-electron chi connectivity index (χ1n) is 21.2. The van der Waals surface area contributed by atoms with Crippen LogP contribution in [0, 0.1) is 0 Å². The molecular weight excluding hydrogens is 610 g/mol. The molecule has 0 aliphatic rings. The minimum absolute atomic E-state index is 0.128. The third-order valence-electron chi connectivity index (χ3n) is 9.14. The summed E-state index contributed by atoms with van der Waals surface area (Å²) in [5, 5.41) is 9.53. The number of nitrogens with zero attached hydrogens (tertiary/aromatic N) is 1.